The second kappa shape index (κ2) is 8.39. The molecule has 6 nitrogen and oxygen atoms in total. The predicted molar refractivity (Wildman–Crippen MR) is 111 cm³/mol. The Morgan fingerprint density at radius 2 is 1.62 bits per heavy atom. The molecule has 0 amide bonds. The van der Waals surface area contributed by atoms with Crippen molar-refractivity contribution >= 4 is 22.5 Å². The number of ether oxygens (including phenoxy) is 1. The molecule has 0 spiro atoms. The number of esters is 1. The lowest BCUT2D eigenvalue weighted by atomic mass is 10.0. The molecule has 3 aromatic rings. The van der Waals surface area contributed by atoms with Crippen LogP contribution >= 0.6 is 0 Å². The van der Waals surface area contributed by atoms with E-state index in [0.29, 0.717) is 16.3 Å². The second-order valence-corrected chi connectivity index (χ2v) is 7.20. The highest BCUT2D eigenvalue weighted by molar-refractivity contribution is 6.05. The van der Waals surface area contributed by atoms with Gasteiger partial charge in [-0.1, -0.05) is 49.4 Å². The van der Waals surface area contributed by atoms with Gasteiger partial charge in [-0.2, -0.15) is 5.10 Å². The molecule has 0 aliphatic heterocycles. The molecular formula is C23H24N2O4. The average Bonchev–Trinajstić information content (AvgIpc) is 2.73. The van der Waals surface area contributed by atoms with Gasteiger partial charge in [0.2, 0.25) is 5.78 Å². The van der Waals surface area contributed by atoms with Crippen molar-refractivity contribution in [2.75, 3.05) is 0 Å². The molecule has 0 N–H and O–H groups in total. The van der Waals surface area contributed by atoms with Crippen molar-refractivity contribution in [1.82, 2.24) is 9.78 Å². The van der Waals surface area contributed by atoms with Crippen molar-refractivity contribution in [3.05, 3.63) is 75.7 Å². The maximum absolute atomic E-state index is 12.8. The van der Waals surface area contributed by atoms with Crippen LogP contribution in [0.15, 0.2) is 53.3 Å². The van der Waals surface area contributed by atoms with Gasteiger partial charge >= 0.3 is 5.97 Å². The van der Waals surface area contributed by atoms with E-state index in [1.54, 1.807) is 36.4 Å². The number of fused-ring (bicyclic) bond motifs is 1. The van der Waals surface area contributed by atoms with Crippen molar-refractivity contribution < 1.29 is 14.3 Å². The summed E-state index contributed by atoms with van der Waals surface area (Å²) < 4.78 is 6.68. The average molecular weight is 392 g/mol. The van der Waals surface area contributed by atoms with Crippen molar-refractivity contribution in [3.8, 4) is 0 Å². The first-order chi connectivity index (χ1) is 13.8. The third-order valence-corrected chi connectivity index (χ3v) is 4.81. The molecule has 0 aliphatic rings. The van der Waals surface area contributed by atoms with E-state index in [4.69, 9.17) is 4.74 Å². The number of rotatable bonds is 6. The summed E-state index contributed by atoms with van der Waals surface area (Å²) in [6, 6.07) is 13.8. The Kier molecular flexibility index (Phi) is 5.92. The topological polar surface area (TPSA) is 78.3 Å². The number of benzene rings is 2. The molecule has 1 atom stereocenters. The van der Waals surface area contributed by atoms with Crippen molar-refractivity contribution in [1.29, 1.82) is 0 Å². The highest BCUT2D eigenvalue weighted by Gasteiger charge is 2.24. The maximum Gasteiger partial charge on any atom is 0.360 e. The molecule has 1 heterocycles. The summed E-state index contributed by atoms with van der Waals surface area (Å²) in [4.78, 5) is 38.1. The fourth-order valence-corrected chi connectivity index (χ4v) is 3.12. The molecule has 1 aromatic heterocycles. The summed E-state index contributed by atoms with van der Waals surface area (Å²) in [6.07, 6.45) is -0.0986. The van der Waals surface area contributed by atoms with E-state index < -0.39 is 12.1 Å². The lowest BCUT2D eigenvalue weighted by Gasteiger charge is -2.15. The van der Waals surface area contributed by atoms with Gasteiger partial charge in [0.05, 0.1) is 11.4 Å². The van der Waals surface area contributed by atoms with Crippen LogP contribution in [0, 0.1) is 0 Å². The predicted octanol–water partition coefficient (Wildman–Crippen LogP) is 3.97. The van der Waals surface area contributed by atoms with E-state index in [9.17, 15) is 14.4 Å². The Morgan fingerprint density at radius 3 is 2.21 bits per heavy atom. The number of hydrogen-bond acceptors (Lipinski definition) is 5. The smallest absolute Gasteiger partial charge is 0.360 e. The minimum absolute atomic E-state index is 0.0230. The molecule has 0 aliphatic carbocycles. The van der Waals surface area contributed by atoms with Gasteiger partial charge in [0, 0.05) is 10.9 Å². The largest absolute Gasteiger partial charge is 0.449 e. The monoisotopic (exact) mass is 392 g/mol. The molecule has 150 valence electrons. The highest BCUT2D eigenvalue weighted by Crippen LogP contribution is 2.17. The summed E-state index contributed by atoms with van der Waals surface area (Å²) in [5.41, 5.74) is 1.35. The molecule has 2 aromatic carbocycles. The summed E-state index contributed by atoms with van der Waals surface area (Å²) in [7, 11) is 0. The summed E-state index contributed by atoms with van der Waals surface area (Å²) >= 11 is 0. The van der Waals surface area contributed by atoms with Gasteiger partial charge in [-0.05, 0) is 38.8 Å². The second-order valence-electron chi connectivity index (χ2n) is 7.20. The fraction of sp³-hybridized carbons (Fsp3) is 0.304. The number of carbonyl (C=O) groups is 2. The number of nitrogens with zero attached hydrogens (tertiary/aromatic N) is 2. The van der Waals surface area contributed by atoms with Gasteiger partial charge in [-0.15, -0.1) is 0 Å². The first kappa shape index (κ1) is 20.5. The molecule has 1 unspecified atom stereocenters. The number of aromatic nitrogens is 2. The minimum atomic E-state index is -0.977. The first-order valence-corrected chi connectivity index (χ1v) is 9.69. The van der Waals surface area contributed by atoms with E-state index in [0.717, 1.165) is 12.0 Å². The zero-order chi connectivity index (χ0) is 21.1. The van der Waals surface area contributed by atoms with E-state index in [1.165, 1.54) is 11.6 Å². The molecule has 0 saturated carbocycles. The van der Waals surface area contributed by atoms with Crippen molar-refractivity contribution in [2.45, 2.75) is 46.3 Å². The zero-order valence-corrected chi connectivity index (χ0v) is 17.0. The van der Waals surface area contributed by atoms with Crippen LogP contribution in [0.5, 0.6) is 0 Å². The van der Waals surface area contributed by atoms with Crippen LogP contribution in [0.1, 0.15) is 60.1 Å². The molecule has 6 heteroatoms. The number of ketones is 1. The van der Waals surface area contributed by atoms with Crippen LogP contribution < -0.4 is 5.56 Å². The van der Waals surface area contributed by atoms with Gasteiger partial charge in [0.25, 0.3) is 5.56 Å². The molecule has 0 radical (unpaired) electrons. The number of Topliss-reactive ketones (excluding diaryl/α,β-unsaturated/α-hetero) is 1. The summed E-state index contributed by atoms with van der Waals surface area (Å²) in [6.45, 7) is 7.19. The van der Waals surface area contributed by atoms with E-state index in [-0.39, 0.29) is 23.1 Å². The molecule has 0 saturated heterocycles. The fourth-order valence-electron chi connectivity index (χ4n) is 3.12. The Bertz CT molecular complexity index is 1110. The van der Waals surface area contributed by atoms with E-state index in [1.807, 2.05) is 32.9 Å². The minimum Gasteiger partial charge on any atom is -0.449 e. The van der Waals surface area contributed by atoms with Gasteiger partial charge in [0.1, 0.15) is 0 Å². The SMILES string of the molecule is CCc1ccc(C(=O)C(C)OC(=O)c2nn(C(C)C)c(=O)c3ccccc23)cc1. The van der Waals surface area contributed by atoms with Crippen LogP contribution in [-0.4, -0.2) is 27.6 Å². The van der Waals surface area contributed by atoms with Gasteiger partial charge in [-0.3, -0.25) is 9.59 Å². The van der Waals surface area contributed by atoms with E-state index in [2.05, 4.69) is 5.10 Å². The lowest BCUT2D eigenvalue weighted by molar-refractivity contribution is 0.0312. The quantitative estimate of drug-likeness (QED) is 0.469. The molecule has 29 heavy (non-hydrogen) atoms. The number of hydrogen-bond donors (Lipinski definition) is 0. The highest BCUT2D eigenvalue weighted by atomic mass is 16.5. The van der Waals surface area contributed by atoms with E-state index >= 15 is 0 Å². The Balaban J connectivity index is 1.92. The van der Waals surface area contributed by atoms with Crippen molar-refractivity contribution in [3.63, 3.8) is 0 Å². The molecule has 0 bridgehead atoms. The zero-order valence-electron chi connectivity index (χ0n) is 17.0. The van der Waals surface area contributed by atoms with Crippen LogP contribution in [0.4, 0.5) is 0 Å². The van der Waals surface area contributed by atoms with Gasteiger partial charge < -0.3 is 4.74 Å². The maximum atomic E-state index is 12.8. The standard InChI is InChI=1S/C23H24N2O4/c1-5-16-10-12-17(13-11-16)21(26)15(4)29-23(28)20-18-8-6-7-9-19(18)22(27)25(24-20)14(2)3/h6-15H,5H2,1-4H3. The van der Waals surface area contributed by atoms with Crippen molar-refractivity contribution in [2.24, 2.45) is 0 Å². The lowest BCUT2D eigenvalue weighted by Crippen LogP contribution is -2.30. The van der Waals surface area contributed by atoms with Crippen LogP contribution in [-0.2, 0) is 11.2 Å². The molecule has 0 fully saturated rings. The summed E-state index contributed by atoms with van der Waals surface area (Å²) in [5, 5.41) is 5.02. The Hall–Kier alpha value is -3.28. The molecular weight excluding hydrogens is 368 g/mol. The van der Waals surface area contributed by atoms with Gasteiger partial charge in [0.15, 0.2) is 11.8 Å². The first-order valence-electron chi connectivity index (χ1n) is 9.69. The number of aryl methyl sites for hydroxylation is 1. The summed E-state index contributed by atoms with van der Waals surface area (Å²) in [5.74, 6) is -1.02. The van der Waals surface area contributed by atoms with Crippen LogP contribution in [0.3, 0.4) is 0 Å². The Morgan fingerprint density at radius 1 is 1.00 bits per heavy atom. The Labute approximate surface area is 169 Å². The molecule has 3 rings (SSSR count). The van der Waals surface area contributed by atoms with Crippen LogP contribution in [0.25, 0.3) is 10.8 Å². The third-order valence-electron chi connectivity index (χ3n) is 4.81. The number of carbonyl (C=O) groups excluding carboxylic acids is 2. The van der Waals surface area contributed by atoms with Crippen LogP contribution in [0.2, 0.25) is 0 Å². The third kappa shape index (κ3) is 4.11. The van der Waals surface area contributed by atoms with Gasteiger partial charge in [-0.25, -0.2) is 9.48 Å². The normalized spacial score (nSPS) is 12.2.